The van der Waals surface area contributed by atoms with E-state index < -0.39 is 5.92 Å². The van der Waals surface area contributed by atoms with Gasteiger partial charge >= 0.3 is 4.87 Å². The van der Waals surface area contributed by atoms with Crippen molar-refractivity contribution in [2.75, 3.05) is 16.8 Å². The van der Waals surface area contributed by atoms with Crippen molar-refractivity contribution in [1.82, 2.24) is 4.98 Å². The summed E-state index contributed by atoms with van der Waals surface area (Å²) in [7, 11) is 0. The lowest BCUT2D eigenvalue weighted by atomic mass is 9.68. The third-order valence-electron chi connectivity index (χ3n) is 9.84. The number of benzene rings is 3. The number of H-pyrrole nitrogens is 1. The fourth-order valence-corrected chi connectivity index (χ4v) is 11.3. The minimum absolute atomic E-state index is 0.0129. The number of halogens is 1. The number of nitrogens with one attached hydrogen (secondary N) is 2. The number of aryl methyl sites for hydroxylation is 1. The van der Waals surface area contributed by atoms with Gasteiger partial charge in [-0.15, -0.1) is 11.8 Å². The number of carbonyl (C=O) groups excluding carboxylic acids is 3. The number of aromatic amines is 1. The second kappa shape index (κ2) is 11.0. The van der Waals surface area contributed by atoms with E-state index in [1.807, 2.05) is 67.6 Å². The van der Waals surface area contributed by atoms with Gasteiger partial charge in [0.15, 0.2) is 6.61 Å². The van der Waals surface area contributed by atoms with E-state index in [0.29, 0.717) is 11.4 Å². The van der Waals surface area contributed by atoms with Crippen LogP contribution in [0.2, 0.25) is 0 Å². The number of amides is 3. The molecule has 8 rings (SSSR count). The maximum atomic E-state index is 14.0. The van der Waals surface area contributed by atoms with E-state index in [2.05, 4.69) is 26.2 Å². The molecule has 3 fully saturated rings. The average molecular weight is 703 g/mol. The van der Waals surface area contributed by atoms with Crippen LogP contribution in [0.3, 0.4) is 0 Å². The molecule has 7 atom stereocenters. The number of para-hydroxylation sites is 2. The summed E-state index contributed by atoms with van der Waals surface area (Å²) in [6.45, 7) is 1.76. The van der Waals surface area contributed by atoms with Crippen molar-refractivity contribution in [2.45, 2.75) is 29.5 Å². The number of aromatic nitrogens is 1. The summed E-state index contributed by atoms with van der Waals surface area (Å²) in [6, 6.07) is 22.5. The summed E-state index contributed by atoms with van der Waals surface area (Å²) >= 11 is 6.29. The smallest absolute Gasteiger partial charge is 0.305 e. The zero-order chi connectivity index (χ0) is 31.0. The number of thioether (sulfide) groups is 1. The molecule has 1 saturated heterocycles. The first-order valence-corrected chi connectivity index (χ1v) is 17.4. The number of fused-ring (bicyclic) bond motifs is 9. The lowest BCUT2D eigenvalue weighted by Crippen LogP contribution is -2.42. The van der Waals surface area contributed by atoms with Crippen LogP contribution < -0.4 is 19.8 Å². The molecule has 2 aliphatic heterocycles. The molecule has 0 spiro atoms. The highest BCUT2D eigenvalue weighted by molar-refractivity contribution is 9.10. The van der Waals surface area contributed by atoms with E-state index in [4.69, 9.17) is 4.74 Å². The molecule has 4 aliphatic rings. The van der Waals surface area contributed by atoms with Gasteiger partial charge in [-0.1, -0.05) is 63.7 Å². The van der Waals surface area contributed by atoms with Gasteiger partial charge in [-0.25, -0.2) is 0 Å². The Kier molecular flexibility index (Phi) is 7.03. The number of hydrogen-bond acceptors (Lipinski definition) is 7. The molecule has 45 heavy (non-hydrogen) atoms. The molecule has 2 N–H and O–H groups in total. The number of carbonyl (C=O) groups is 3. The average Bonchev–Trinajstić information content (AvgIpc) is 3.77. The Morgan fingerprint density at radius 3 is 2.47 bits per heavy atom. The van der Waals surface area contributed by atoms with Crippen LogP contribution in [0.25, 0.3) is 0 Å². The summed E-state index contributed by atoms with van der Waals surface area (Å²) in [5, 5.41) is 3.81. The number of nitrogens with zero attached hydrogens (tertiary/aromatic N) is 1. The summed E-state index contributed by atoms with van der Waals surface area (Å²) < 4.78 is 7.07. The van der Waals surface area contributed by atoms with Crippen LogP contribution in [0.1, 0.15) is 28.3 Å². The van der Waals surface area contributed by atoms with Gasteiger partial charge in [0.25, 0.3) is 5.91 Å². The van der Waals surface area contributed by atoms with E-state index in [9.17, 15) is 19.2 Å². The fourth-order valence-electron chi connectivity index (χ4n) is 8.12. The van der Waals surface area contributed by atoms with Crippen molar-refractivity contribution in [3.8, 4) is 5.75 Å². The molecule has 1 aromatic heterocycles. The van der Waals surface area contributed by atoms with Gasteiger partial charge in [-0.3, -0.25) is 24.1 Å². The quantitative estimate of drug-likeness (QED) is 0.232. The first-order valence-electron chi connectivity index (χ1n) is 14.9. The van der Waals surface area contributed by atoms with Crippen LogP contribution in [-0.4, -0.2) is 34.6 Å². The predicted octanol–water partition coefficient (Wildman–Crippen LogP) is 6.20. The first kappa shape index (κ1) is 28.8. The minimum atomic E-state index is -0.402. The topological polar surface area (TPSA) is 109 Å². The Bertz CT molecular complexity index is 1920. The lowest BCUT2D eigenvalue weighted by molar-refractivity contribution is -0.123. The van der Waals surface area contributed by atoms with Crippen molar-refractivity contribution >= 4 is 68.1 Å². The van der Waals surface area contributed by atoms with E-state index in [0.717, 1.165) is 37.6 Å². The van der Waals surface area contributed by atoms with Gasteiger partial charge in [0.2, 0.25) is 11.8 Å². The first-order chi connectivity index (χ1) is 21.8. The Morgan fingerprint density at radius 1 is 0.978 bits per heavy atom. The molecule has 0 radical (unpaired) electrons. The third-order valence-corrected chi connectivity index (χ3v) is 13.0. The molecule has 8 nitrogen and oxygen atoms in total. The second-order valence-corrected chi connectivity index (χ2v) is 15.3. The largest absolute Gasteiger partial charge is 0.483 e. The molecule has 2 aliphatic carbocycles. The molecular weight excluding hydrogens is 674 g/mol. The molecular formula is C34H28BrN3O5S2. The van der Waals surface area contributed by atoms with Gasteiger partial charge in [-0.2, -0.15) is 0 Å². The Morgan fingerprint density at radius 2 is 1.69 bits per heavy atom. The van der Waals surface area contributed by atoms with E-state index in [-0.39, 0.29) is 64.0 Å². The molecule has 2 saturated carbocycles. The Balaban J connectivity index is 1.13. The molecule has 0 unspecified atom stereocenters. The minimum Gasteiger partial charge on any atom is -0.483 e. The Labute approximate surface area is 275 Å². The van der Waals surface area contributed by atoms with Gasteiger partial charge < -0.3 is 15.0 Å². The van der Waals surface area contributed by atoms with Crippen molar-refractivity contribution in [1.29, 1.82) is 0 Å². The van der Waals surface area contributed by atoms with Crippen LogP contribution in [0.15, 0.2) is 87.1 Å². The third kappa shape index (κ3) is 4.61. The maximum absolute atomic E-state index is 14.0. The number of ether oxygens (including phenoxy) is 1. The summed E-state index contributed by atoms with van der Waals surface area (Å²) in [5.74, 6) is -0.931. The van der Waals surface area contributed by atoms with E-state index in [1.165, 1.54) is 16.2 Å². The number of anilines is 2. The molecule has 3 heterocycles. The second-order valence-electron chi connectivity index (χ2n) is 12.1. The van der Waals surface area contributed by atoms with Gasteiger partial charge in [0.1, 0.15) is 5.75 Å². The van der Waals surface area contributed by atoms with Crippen LogP contribution in [-0.2, 0) is 14.4 Å². The number of imide groups is 1. The van der Waals surface area contributed by atoms with Crippen LogP contribution in [0, 0.1) is 36.5 Å². The van der Waals surface area contributed by atoms with E-state index in [1.54, 1.807) is 23.9 Å². The standard InChI is InChI=1S/C34H28BrN3O5S2/c1-16-6-2-4-8-22(16)36-24(39)15-43-23-9-5-3-7-19(23)25-26-20-14-21(29(26)44-31-30(25)45-34(42)37-31)28-27(20)32(40)38(33(28)41)18-12-10-17(35)11-13-18/h2-13,20-21,25-29H,14-15H2,1H3,(H,36,39)(H,37,42)/t20-,21-,25+,26-,27+,28+,29-/m1/s1. The SMILES string of the molecule is Cc1ccccc1NC(=O)COc1ccccc1[C@@H]1c2sc(=O)[nH]c2S[C@@H]2[C@@H]3C[C@@H]([C@@H]4C(=O)N(c5ccc(Br)cc5)C(=O)[C@@H]34)[C@H]12. The monoisotopic (exact) mass is 701 g/mol. The van der Waals surface area contributed by atoms with Crippen LogP contribution in [0.5, 0.6) is 5.75 Å². The number of thiazole rings is 1. The van der Waals surface area contributed by atoms with Gasteiger partial charge in [-0.05, 0) is 73.1 Å². The zero-order valence-electron chi connectivity index (χ0n) is 24.1. The van der Waals surface area contributed by atoms with Crippen LogP contribution >= 0.6 is 39.0 Å². The van der Waals surface area contributed by atoms with E-state index >= 15 is 0 Å². The van der Waals surface area contributed by atoms with Gasteiger partial charge in [0, 0.05) is 31.8 Å². The summed E-state index contributed by atoms with van der Waals surface area (Å²) in [4.78, 5) is 58.7. The molecule has 3 aromatic carbocycles. The summed E-state index contributed by atoms with van der Waals surface area (Å²) in [5.41, 5.74) is 3.18. The van der Waals surface area contributed by atoms with Crippen molar-refractivity contribution in [2.24, 2.45) is 29.6 Å². The Hall–Kier alpha value is -3.67. The molecule has 4 aromatic rings. The number of rotatable bonds is 6. The van der Waals surface area contributed by atoms with Gasteiger partial charge in [0.05, 0.1) is 22.5 Å². The molecule has 11 heteroatoms. The van der Waals surface area contributed by atoms with Crippen molar-refractivity contribution < 1.29 is 19.1 Å². The lowest BCUT2D eigenvalue weighted by Gasteiger charge is -2.43. The molecule has 3 amide bonds. The highest BCUT2D eigenvalue weighted by atomic mass is 79.9. The van der Waals surface area contributed by atoms with Crippen molar-refractivity contribution in [3.63, 3.8) is 0 Å². The molecule has 228 valence electrons. The highest BCUT2D eigenvalue weighted by Gasteiger charge is 2.69. The highest BCUT2D eigenvalue weighted by Crippen LogP contribution is 2.69. The normalized spacial score (nSPS) is 27.7. The van der Waals surface area contributed by atoms with Crippen molar-refractivity contribution in [3.05, 3.63) is 103 Å². The number of hydrogen-bond donors (Lipinski definition) is 2. The summed E-state index contributed by atoms with van der Waals surface area (Å²) in [6.07, 6.45) is 0.793. The van der Waals surface area contributed by atoms with Crippen LogP contribution in [0.4, 0.5) is 11.4 Å². The molecule has 2 bridgehead atoms. The maximum Gasteiger partial charge on any atom is 0.305 e. The predicted molar refractivity (Wildman–Crippen MR) is 177 cm³/mol. The zero-order valence-corrected chi connectivity index (χ0v) is 27.3. The fraction of sp³-hybridized carbons (Fsp3) is 0.294.